The highest BCUT2D eigenvalue weighted by atomic mass is 32.2. The Morgan fingerprint density at radius 3 is 2.40 bits per heavy atom. The van der Waals surface area contributed by atoms with E-state index in [4.69, 9.17) is 4.74 Å². The molecule has 190 valence electrons. The number of nitrogens with zero attached hydrogens (tertiary/aromatic N) is 2. The van der Waals surface area contributed by atoms with Gasteiger partial charge in [-0.1, -0.05) is 18.8 Å². The second-order valence-corrected chi connectivity index (χ2v) is 12.7. The Morgan fingerprint density at radius 2 is 1.80 bits per heavy atom. The molecule has 0 unspecified atom stereocenters. The number of fused-ring (bicyclic) bond motifs is 1. The van der Waals surface area contributed by atoms with Gasteiger partial charge in [-0.15, -0.1) is 0 Å². The van der Waals surface area contributed by atoms with Gasteiger partial charge in [0.2, 0.25) is 20.0 Å². The van der Waals surface area contributed by atoms with Crippen molar-refractivity contribution in [3.05, 3.63) is 59.4 Å². The van der Waals surface area contributed by atoms with Crippen LogP contribution in [0.25, 0.3) is 0 Å². The average Bonchev–Trinajstić information content (AvgIpc) is 2.79. The van der Waals surface area contributed by atoms with Gasteiger partial charge >= 0.3 is 0 Å². The van der Waals surface area contributed by atoms with Crippen LogP contribution in [-0.2, 0) is 20.0 Å². The molecule has 0 fully saturated rings. The number of aliphatic hydroxyl groups excluding tert-OH is 1. The first-order valence-electron chi connectivity index (χ1n) is 10.9. The van der Waals surface area contributed by atoms with Gasteiger partial charge in [-0.3, -0.25) is 0 Å². The largest absolute Gasteiger partial charge is 0.487 e. The SMILES string of the molecule is C[C@H]1CN([C@@H](C)CO)S(=O)(=O)c2ccc(C#Cc3ccc(F)cc3)cc2O[C@H]1CN(C)S(C)(=O)=O. The molecule has 1 aliphatic rings. The van der Waals surface area contributed by atoms with E-state index >= 15 is 0 Å². The minimum atomic E-state index is -4.03. The Bertz CT molecular complexity index is 1330. The Labute approximate surface area is 206 Å². The number of hydrogen-bond donors (Lipinski definition) is 1. The van der Waals surface area contributed by atoms with Crippen LogP contribution in [0.1, 0.15) is 25.0 Å². The molecule has 1 heterocycles. The van der Waals surface area contributed by atoms with Crippen LogP contribution in [0, 0.1) is 23.6 Å². The lowest BCUT2D eigenvalue weighted by atomic mass is 10.0. The summed E-state index contributed by atoms with van der Waals surface area (Å²) in [5.74, 6) is 5.09. The number of aliphatic hydroxyl groups is 1. The third-order valence-electron chi connectivity index (χ3n) is 5.87. The van der Waals surface area contributed by atoms with Gasteiger partial charge in [0.15, 0.2) is 0 Å². The van der Waals surface area contributed by atoms with Gasteiger partial charge in [0.25, 0.3) is 0 Å². The van der Waals surface area contributed by atoms with Crippen LogP contribution in [0.4, 0.5) is 4.39 Å². The molecular weight excluding hydrogens is 495 g/mol. The number of halogens is 1. The predicted molar refractivity (Wildman–Crippen MR) is 130 cm³/mol. The van der Waals surface area contributed by atoms with Crippen LogP contribution in [-0.4, -0.2) is 75.7 Å². The summed E-state index contributed by atoms with van der Waals surface area (Å²) in [5.41, 5.74) is 1.05. The molecule has 35 heavy (non-hydrogen) atoms. The number of ether oxygens (including phenoxy) is 1. The third-order valence-corrected chi connectivity index (χ3v) is 9.17. The van der Waals surface area contributed by atoms with E-state index in [1.807, 2.05) is 0 Å². The summed E-state index contributed by atoms with van der Waals surface area (Å²) in [5, 5.41) is 9.71. The van der Waals surface area contributed by atoms with Gasteiger partial charge in [-0.05, 0) is 49.4 Å². The molecular formula is C24H29FN2O6S2. The summed E-state index contributed by atoms with van der Waals surface area (Å²) in [6, 6.07) is 9.39. The maximum absolute atomic E-state index is 13.5. The molecule has 0 radical (unpaired) electrons. The van der Waals surface area contributed by atoms with Crippen molar-refractivity contribution >= 4 is 20.0 Å². The van der Waals surface area contributed by atoms with E-state index in [0.29, 0.717) is 11.1 Å². The molecule has 0 saturated heterocycles. The van der Waals surface area contributed by atoms with Crippen molar-refractivity contribution in [1.82, 2.24) is 8.61 Å². The van der Waals surface area contributed by atoms with E-state index < -0.39 is 38.1 Å². The van der Waals surface area contributed by atoms with E-state index in [-0.39, 0.29) is 36.2 Å². The predicted octanol–water partition coefficient (Wildman–Crippen LogP) is 1.89. The first kappa shape index (κ1) is 27.1. The van der Waals surface area contributed by atoms with Gasteiger partial charge in [0.05, 0.1) is 19.4 Å². The Kier molecular flexibility index (Phi) is 8.24. The molecule has 1 aliphatic heterocycles. The summed E-state index contributed by atoms with van der Waals surface area (Å²) in [7, 11) is -6.10. The molecule has 11 heteroatoms. The van der Waals surface area contributed by atoms with Crippen molar-refractivity contribution in [2.75, 3.05) is 33.0 Å². The van der Waals surface area contributed by atoms with Crippen LogP contribution in [0.2, 0.25) is 0 Å². The Hall–Kier alpha value is -2.49. The lowest BCUT2D eigenvalue weighted by Gasteiger charge is -2.37. The molecule has 0 saturated carbocycles. The maximum atomic E-state index is 13.5. The molecule has 0 spiro atoms. The van der Waals surface area contributed by atoms with Crippen LogP contribution < -0.4 is 4.74 Å². The molecule has 2 aromatic rings. The minimum absolute atomic E-state index is 0.00627. The van der Waals surface area contributed by atoms with Gasteiger partial charge < -0.3 is 9.84 Å². The lowest BCUT2D eigenvalue weighted by molar-refractivity contribution is 0.0905. The van der Waals surface area contributed by atoms with E-state index in [1.54, 1.807) is 19.9 Å². The summed E-state index contributed by atoms with van der Waals surface area (Å²) in [6.07, 6.45) is 0.417. The first-order chi connectivity index (χ1) is 16.3. The maximum Gasteiger partial charge on any atom is 0.247 e. The van der Waals surface area contributed by atoms with Crippen molar-refractivity contribution < 1.29 is 31.1 Å². The van der Waals surface area contributed by atoms with Crippen molar-refractivity contribution in [2.45, 2.75) is 30.9 Å². The lowest BCUT2D eigenvalue weighted by Crippen LogP contribution is -2.50. The summed E-state index contributed by atoms with van der Waals surface area (Å²) >= 11 is 0. The Balaban J connectivity index is 2.08. The fourth-order valence-electron chi connectivity index (χ4n) is 3.59. The zero-order chi connectivity index (χ0) is 26.0. The highest BCUT2D eigenvalue weighted by Crippen LogP contribution is 2.34. The van der Waals surface area contributed by atoms with Gasteiger partial charge in [0.1, 0.15) is 22.6 Å². The van der Waals surface area contributed by atoms with E-state index in [2.05, 4.69) is 11.8 Å². The molecule has 1 N–H and O–H groups in total. The van der Waals surface area contributed by atoms with Crippen LogP contribution in [0.5, 0.6) is 5.75 Å². The molecule has 0 aliphatic carbocycles. The third kappa shape index (κ3) is 6.39. The van der Waals surface area contributed by atoms with E-state index in [1.165, 1.54) is 47.8 Å². The smallest absolute Gasteiger partial charge is 0.247 e. The summed E-state index contributed by atoms with van der Waals surface area (Å²) in [4.78, 5) is -0.0935. The van der Waals surface area contributed by atoms with Crippen molar-refractivity contribution in [3.8, 4) is 17.6 Å². The molecule has 3 rings (SSSR count). The zero-order valence-electron chi connectivity index (χ0n) is 20.0. The van der Waals surface area contributed by atoms with E-state index in [0.717, 1.165) is 10.6 Å². The summed E-state index contributed by atoms with van der Waals surface area (Å²) in [6.45, 7) is 3.05. The van der Waals surface area contributed by atoms with Crippen LogP contribution in [0.3, 0.4) is 0 Å². The van der Waals surface area contributed by atoms with E-state index in [9.17, 15) is 26.3 Å². The van der Waals surface area contributed by atoms with Gasteiger partial charge in [0, 0.05) is 36.7 Å². The van der Waals surface area contributed by atoms with Crippen molar-refractivity contribution in [2.24, 2.45) is 5.92 Å². The quantitative estimate of drug-likeness (QED) is 0.599. The number of rotatable bonds is 5. The molecule has 8 nitrogen and oxygen atoms in total. The second kappa shape index (κ2) is 10.6. The standard InChI is InChI=1S/C24H29FN2O6S2/c1-17-14-27(18(2)16-28)35(31,32)24-12-9-20(6-5-19-7-10-21(25)11-8-19)13-22(24)33-23(17)15-26(3)34(4,29)30/h7-13,17-18,23,28H,14-16H2,1-4H3/t17-,18-,23-/m0/s1. The van der Waals surface area contributed by atoms with Crippen LogP contribution in [0.15, 0.2) is 47.4 Å². The van der Waals surface area contributed by atoms with Crippen LogP contribution >= 0.6 is 0 Å². The van der Waals surface area contributed by atoms with Crippen molar-refractivity contribution in [1.29, 1.82) is 0 Å². The van der Waals surface area contributed by atoms with Gasteiger partial charge in [-0.25, -0.2) is 25.5 Å². The molecule has 0 bridgehead atoms. The van der Waals surface area contributed by atoms with Gasteiger partial charge in [-0.2, -0.15) is 4.31 Å². The minimum Gasteiger partial charge on any atom is -0.487 e. The normalized spacial score (nSPS) is 21.1. The average molecular weight is 525 g/mol. The Morgan fingerprint density at radius 1 is 1.20 bits per heavy atom. The fourth-order valence-corrected chi connectivity index (χ4v) is 5.83. The molecule has 2 aromatic carbocycles. The monoisotopic (exact) mass is 524 g/mol. The number of hydrogen-bond acceptors (Lipinski definition) is 6. The highest BCUT2D eigenvalue weighted by Gasteiger charge is 2.38. The number of benzene rings is 2. The summed E-state index contributed by atoms with van der Waals surface area (Å²) < 4.78 is 72.7. The molecule has 3 atom stereocenters. The highest BCUT2D eigenvalue weighted by molar-refractivity contribution is 7.89. The second-order valence-electron chi connectivity index (χ2n) is 8.70. The number of sulfonamides is 2. The topological polar surface area (TPSA) is 104 Å². The number of likely N-dealkylation sites (N-methyl/N-ethyl adjacent to an activating group) is 1. The zero-order valence-corrected chi connectivity index (χ0v) is 21.6. The molecule has 0 aromatic heterocycles. The molecule has 0 amide bonds. The van der Waals surface area contributed by atoms with Crippen molar-refractivity contribution in [3.63, 3.8) is 0 Å². The first-order valence-corrected chi connectivity index (χ1v) is 14.2. The fraction of sp³-hybridized carbons (Fsp3) is 0.417.